The van der Waals surface area contributed by atoms with Crippen molar-refractivity contribution in [2.45, 2.75) is 25.3 Å². The molecule has 1 atom stereocenters. The predicted octanol–water partition coefficient (Wildman–Crippen LogP) is 2.44. The zero-order valence-corrected chi connectivity index (χ0v) is 13.6. The van der Waals surface area contributed by atoms with Crippen LogP contribution in [0.1, 0.15) is 17.5 Å². The molecule has 24 heavy (non-hydrogen) atoms. The van der Waals surface area contributed by atoms with Crippen LogP contribution in [0.4, 0.5) is 0 Å². The molecule has 1 amide bonds. The first-order valence-corrected chi connectivity index (χ1v) is 7.78. The molecule has 0 spiro atoms. The van der Waals surface area contributed by atoms with Crippen LogP contribution in [0.5, 0.6) is 5.75 Å². The molecule has 126 valence electrons. The van der Waals surface area contributed by atoms with Crippen LogP contribution in [-0.4, -0.2) is 30.1 Å². The second-order valence-corrected chi connectivity index (χ2v) is 5.46. The third kappa shape index (κ3) is 5.12. The lowest BCUT2D eigenvalue weighted by molar-refractivity contribution is -0.141. The number of carbonyl (C=O) groups excluding carboxylic acids is 1. The van der Waals surface area contributed by atoms with Crippen LogP contribution in [-0.2, 0) is 22.4 Å². The SMILES string of the molecule is COc1ccccc1C[C@@H](NC(=O)CCc1ccccc1)C(=O)O. The number of methoxy groups -OCH3 is 1. The van der Waals surface area contributed by atoms with Gasteiger partial charge in [0.1, 0.15) is 11.8 Å². The van der Waals surface area contributed by atoms with E-state index < -0.39 is 12.0 Å². The van der Waals surface area contributed by atoms with E-state index in [0.717, 1.165) is 11.1 Å². The minimum Gasteiger partial charge on any atom is -0.496 e. The van der Waals surface area contributed by atoms with Gasteiger partial charge in [-0.05, 0) is 23.6 Å². The number of benzene rings is 2. The van der Waals surface area contributed by atoms with Crippen LogP contribution in [0.25, 0.3) is 0 Å². The number of aliphatic carboxylic acids is 1. The van der Waals surface area contributed by atoms with Crippen molar-refractivity contribution >= 4 is 11.9 Å². The number of carbonyl (C=O) groups is 2. The first-order valence-electron chi connectivity index (χ1n) is 7.78. The highest BCUT2D eigenvalue weighted by molar-refractivity contribution is 5.83. The van der Waals surface area contributed by atoms with Crippen LogP contribution in [0, 0.1) is 0 Å². The Kier molecular flexibility index (Phi) is 6.37. The minimum atomic E-state index is -1.06. The maximum Gasteiger partial charge on any atom is 0.326 e. The summed E-state index contributed by atoms with van der Waals surface area (Å²) in [6.45, 7) is 0. The van der Waals surface area contributed by atoms with Crippen LogP contribution >= 0.6 is 0 Å². The lowest BCUT2D eigenvalue weighted by Crippen LogP contribution is -2.42. The first-order chi connectivity index (χ1) is 11.6. The third-order valence-electron chi connectivity index (χ3n) is 3.73. The number of amides is 1. The highest BCUT2D eigenvalue weighted by Crippen LogP contribution is 2.19. The number of carboxylic acids is 1. The number of aryl methyl sites for hydroxylation is 1. The van der Waals surface area contributed by atoms with Gasteiger partial charge in [0.05, 0.1) is 7.11 Å². The molecule has 0 fully saturated rings. The van der Waals surface area contributed by atoms with Gasteiger partial charge in [-0.25, -0.2) is 4.79 Å². The van der Waals surface area contributed by atoms with E-state index in [4.69, 9.17) is 4.74 Å². The molecule has 2 rings (SSSR count). The molecule has 0 aliphatic heterocycles. The van der Waals surface area contributed by atoms with Crippen molar-refractivity contribution in [1.82, 2.24) is 5.32 Å². The smallest absolute Gasteiger partial charge is 0.326 e. The number of hydrogen-bond acceptors (Lipinski definition) is 3. The number of para-hydroxylation sites is 1. The predicted molar refractivity (Wildman–Crippen MR) is 91.0 cm³/mol. The Hall–Kier alpha value is -2.82. The molecule has 0 heterocycles. The van der Waals surface area contributed by atoms with Crippen LogP contribution < -0.4 is 10.1 Å². The topological polar surface area (TPSA) is 75.6 Å². The largest absolute Gasteiger partial charge is 0.496 e. The van der Waals surface area contributed by atoms with E-state index in [1.165, 1.54) is 7.11 Å². The molecule has 0 saturated carbocycles. The lowest BCUT2D eigenvalue weighted by Gasteiger charge is -2.16. The third-order valence-corrected chi connectivity index (χ3v) is 3.73. The summed E-state index contributed by atoms with van der Waals surface area (Å²) in [5.41, 5.74) is 1.79. The average Bonchev–Trinajstić information content (AvgIpc) is 2.60. The fourth-order valence-electron chi connectivity index (χ4n) is 2.46. The summed E-state index contributed by atoms with van der Waals surface area (Å²) in [5.74, 6) is -0.725. The fraction of sp³-hybridized carbons (Fsp3) is 0.263. The Bertz CT molecular complexity index is 685. The van der Waals surface area contributed by atoms with E-state index in [1.54, 1.807) is 12.1 Å². The zero-order valence-electron chi connectivity index (χ0n) is 13.6. The van der Waals surface area contributed by atoms with Crippen molar-refractivity contribution < 1.29 is 19.4 Å². The Morgan fingerprint density at radius 2 is 1.75 bits per heavy atom. The second-order valence-electron chi connectivity index (χ2n) is 5.46. The quantitative estimate of drug-likeness (QED) is 0.781. The molecule has 0 aromatic heterocycles. The fourth-order valence-corrected chi connectivity index (χ4v) is 2.46. The van der Waals surface area contributed by atoms with Crippen LogP contribution in [0.3, 0.4) is 0 Å². The van der Waals surface area contributed by atoms with Gasteiger partial charge in [-0.1, -0.05) is 48.5 Å². The summed E-state index contributed by atoms with van der Waals surface area (Å²) in [6, 6.07) is 15.8. The number of ether oxygens (including phenoxy) is 1. The van der Waals surface area contributed by atoms with Gasteiger partial charge in [-0.3, -0.25) is 4.79 Å². The van der Waals surface area contributed by atoms with Gasteiger partial charge >= 0.3 is 5.97 Å². The lowest BCUT2D eigenvalue weighted by atomic mass is 10.0. The van der Waals surface area contributed by atoms with Crippen molar-refractivity contribution in [3.05, 3.63) is 65.7 Å². The monoisotopic (exact) mass is 327 g/mol. The molecule has 0 bridgehead atoms. The summed E-state index contributed by atoms with van der Waals surface area (Å²) < 4.78 is 5.23. The number of rotatable bonds is 8. The molecule has 0 aliphatic carbocycles. The van der Waals surface area contributed by atoms with E-state index in [9.17, 15) is 14.7 Å². The minimum absolute atomic E-state index is 0.177. The van der Waals surface area contributed by atoms with E-state index in [2.05, 4.69) is 5.32 Å². The maximum absolute atomic E-state index is 12.1. The molecule has 2 aromatic rings. The molecule has 0 unspecified atom stereocenters. The van der Waals surface area contributed by atoms with E-state index in [-0.39, 0.29) is 18.7 Å². The Morgan fingerprint density at radius 3 is 2.42 bits per heavy atom. The van der Waals surface area contributed by atoms with Gasteiger partial charge in [0.2, 0.25) is 5.91 Å². The molecule has 0 aliphatic rings. The summed E-state index contributed by atoms with van der Waals surface area (Å²) in [4.78, 5) is 23.5. The normalized spacial score (nSPS) is 11.5. The highest BCUT2D eigenvalue weighted by atomic mass is 16.5. The molecule has 0 saturated heterocycles. The van der Waals surface area contributed by atoms with Crippen LogP contribution in [0.15, 0.2) is 54.6 Å². The number of nitrogens with one attached hydrogen (secondary N) is 1. The van der Waals surface area contributed by atoms with E-state index in [0.29, 0.717) is 12.2 Å². The highest BCUT2D eigenvalue weighted by Gasteiger charge is 2.21. The van der Waals surface area contributed by atoms with Crippen LogP contribution in [0.2, 0.25) is 0 Å². The Balaban J connectivity index is 1.95. The van der Waals surface area contributed by atoms with Crippen molar-refractivity contribution in [3.63, 3.8) is 0 Å². The zero-order chi connectivity index (χ0) is 17.4. The summed E-state index contributed by atoms with van der Waals surface area (Å²) in [5, 5.41) is 12.0. The molecule has 5 nitrogen and oxygen atoms in total. The Labute approximate surface area is 141 Å². The molecular weight excluding hydrogens is 306 g/mol. The van der Waals surface area contributed by atoms with Gasteiger partial charge in [0.15, 0.2) is 0 Å². The second kappa shape index (κ2) is 8.72. The van der Waals surface area contributed by atoms with Gasteiger partial charge in [-0.2, -0.15) is 0 Å². The number of carboxylic acid groups (broad SMARTS) is 1. The maximum atomic E-state index is 12.1. The molecule has 5 heteroatoms. The average molecular weight is 327 g/mol. The molecular formula is C19H21NO4. The van der Waals surface area contributed by atoms with Gasteiger partial charge < -0.3 is 15.2 Å². The summed E-state index contributed by atoms with van der Waals surface area (Å²) in [7, 11) is 1.53. The van der Waals surface area contributed by atoms with E-state index in [1.807, 2.05) is 42.5 Å². The van der Waals surface area contributed by atoms with Gasteiger partial charge in [0.25, 0.3) is 0 Å². The van der Waals surface area contributed by atoms with Crippen molar-refractivity contribution in [2.75, 3.05) is 7.11 Å². The van der Waals surface area contributed by atoms with E-state index >= 15 is 0 Å². The van der Waals surface area contributed by atoms with Crippen molar-refractivity contribution in [3.8, 4) is 5.75 Å². The number of hydrogen-bond donors (Lipinski definition) is 2. The standard InChI is InChI=1S/C19H21NO4/c1-24-17-10-6-5-9-15(17)13-16(19(22)23)20-18(21)12-11-14-7-3-2-4-8-14/h2-10,16H,11-13H2,1H3,(H,20,21)(H,22,23)/t16-/m1/s1. The van der Waals surface area contributed by atoms with Gasteiger partial charge in [0, 0.05) is 12.8 Å². The molecule has 2 aromatic carbocycles. The Morgan fingerprint density at radius 1 is 1.08 bits per heavy atom. The van der Waals surface area contributed by atoms with Crippen molar-refractivity contribution in [2.24, 2.45) is 0 Å². The van der Waals surface area contributed by atoms with Crippen molar-refractivity contribution in [1.29, 1.82) is 0 Å². The summed E-state index contributed by atoms with van der Waals surface area (Å²) >= 11 is 0. The van der Waals surface area contributed by atoms with Gasteiger partial charge in [-0.15, -0.1) is 0 Å². The molecule has 2 N–H and O–H groups in total. The summed E-state index contributed by atoms with van der Waals surface area (Å²) in [6.07, 6.45) is 1.00. The first kappa shape index (κ1) is 17.5. The molecule has 0 radical (unpaired) electrons.